The molecule has 1 aliphatic rings. The molecule has 1 saturated carbocycles. The Kier molecular flexibility index (Phi) is 5.75. The molecule has 12 heavy (non-hydrogen) atoms. The summed E-state index contributed by atoms with van der Waals surface area (Å²) < 4.78 is 0. The fourth-order valence-corrected chi connectivity index (χ4v) is 2.15. The topological polar surface area (TPSA) is 20.2 Å². The number of aliphatic hydroxyl groups excluding tert-OH is 1. The maximum absolute atomic E-state index is 9.71. The van der Waals surface area contributed by atoms with Crippen LogP contribution in [0.1, 0.15) is 40.0 Å². The molecular formula is C10H20AgO. The van der Waals surface area contributed by atoms with Gasteiger partial charge in [0.15, 0.2) is 0 Å². The molecule has 2 heteroatoms. The molecule has 1 fully saturated rings. The molecular weight excluding hydrogens is 244 g/mol. The summed E-state index contributed by atoms with van der Waals surface area (Å²) in [6.45, 7) is 6.66. The molecule has 0 aromatic carbocycles. The van der Waals surface area contributed by atoms with Gasteiger partial charge in [-0.05, 0) is 30.6 Å². The van der Waals surface area contributed by atoms with Gasteiger partial charge in [-0.15, -0.1) is 0 Å². The Morgan fingerprint density at radius 3 is 2.25 bits per heavy atom. The third-order valence-corrected chi connectivity index (χ3v) is 2.99. The number of rotatable bonds is 1. The van der Waals surface area contributed by atoms with Crippen LogP contribution in [0.2, 0.25) is 0 Å². The molecule has 0 amide bonds. The second-order valence-electron chi connectivity index (χ2n) is 4.39. The Labute approximate surface area is 91.4 Å². The van der Waals surface area contributed by atoms with E-state index in [4.69, 9.17) is 0 Å². The van der Waals surface area contributed by atoms with Crippen LogP contribution in [0, 0.1) is 17.8 Å². The average molecular weight is 264 g/mol. The van der Waals surface area contributed by atoms with Crippen LogP contribution in [0.25, 0.3) is 0 Å². The van der Waals surface area contributed by atoms with E-state index in [0.717, 1.165) is 12.3 Å². The summed E-state index contributed by atoms with van der Waals surface area (Å²) in [5.74, 6) is 1.95. The Morgan fingerprint density at radius 1 is 1.25 bits per heavy atom. The van der Waals surface area contributed by atoms with Gasteiger partial charge in [-0.2, -0.15) is 0 Å². The van der Waals surface area contributed by atoms with Crippen molar-refractivity contribution in [2.75, 3.05) is 0 Å². The molecule has 3 atom stereocenters. The molecule has 1 radical (unpaired) electrons. The van der Waals surface area contributed by atoms with E-state index in [1.54, 1.807) is 0 Å². The molecule has 1 aliphatic carbocycles. The second kappa shape index (κ2) is 5.43. The fraction of sp³-hybridized carbons (Fsp3) is 1.00. The Morgan fingerprint density at radius 2 is 1.83 bits per heavy atom. The van der Waals surface area contributed by atoms with Gasteiger partial charge in [-0.25, -0.2) is 0 Å². The van der Waals surface area contributed by atoms with Crippen LogP contribution in [0.3, 0.4) is 0 Å². The van der Waals surface area contributed by atoms with Gasteiger partial charge >= 0.3 is 0 Å². The van der Waals surface area contributed by atoms with Crippen molar-refractivity contribution in [2.24, 2.45) is 17.8 Å². The third kappa shape index (κ3) is 3.21. The molecule has 0 aromatic heterocycles. The van der Waals surface area contributed by atoms with Crippen LogP contribution in [-0.4, -0.2) is 11.2 Å². The minimum Gasteiger partial charge on any atom is -0.393 e. The standard InChI is InChI=1S/C10H20O.Ag/c1-7(2)9-5-4-8(3)6-10(9)11;/h7-11H,4-6H2,1-3H3;/t8-,9+,10-;/m1./s1. The van der Waals surface area contributed by atoms with Gasteiger partial charge < -0.3 is 5.11 Å². The summed E-state index contributed by atoms with van der Waals surface area (Å²) in [5.41, 5.74) is 0. The molecule has 1 N–H and O–H groups in total. The summed E-state index contributed by atoms with van der Waals surface area (Å²) in [7, 11) is 0. The molecule has 0 bridgehead atoms. The third-order valence-electron chi connectivity index (χ3n) is 2.99. The zero-order valence-electron chi connectivity index (χ0n) is 8.18. The van der Waals surface area contributed by atoms with Gasteiger partial charge in [0.2, 0.25) is 0 Å². The first kappa shape index (κ1) is 12.7. The maximum Gasteiger partial charge on any atom is 0.0573 e. The summed E-state index contributed by atoms with van der Waals surface area (Å²) in [6, 6.07) is 0. The van der Waals surface area contributed by atoms with Gasteiger partial charge in [-0.3, -0.25) is 0 Å². The zero-order valence-corrected chi connectivity index (χ0v) is 9.66. The van der Waals surface area contributed by atoms with E-state index >= 15 is 0 Å². The zero-order chi connectivity index (χ0) is 8.43. The Bertz CT molecular complexity index is 125. The molecule has 77 valence electrons. The second-order valence-corrected chi connectivity index (χ2v) is 4.39. The van der Waals surface area contributed by atoms with Crippen LogP contribution in [0.4, 0.5) is 0 Å². The summed E-state index contributed by atoms with van der Waals surface area (Å²) in [6.07, 6.45) is 3.52. The van der Waals surface area contributed by atoms with E-state index in [2.05, 4.69) is 20.8 Å². The van der Waals surface area contributed by atoms with Crippen LogP contribution >= 0.6 is 0 Å². The van der Waals surface area contributed by atoms with E-state index in [0.29, 0.717) is 11.8 Å². The van der Waals surface area contributed by atoms with Crippen molar-refractivity contribution in [1.29, 1.82) is 0 Å². The van der Waals surface area contributed by atoms with Crippen LogP contribution in [-0.2, 0) is 22.4 Å². The molecule has 1 nitrogen and oxygen atoms in total. The normalized spacial score (nSPS) is 36.2. The summed E-state index contributed by atoms with van der Waals surface area (Å²) in [4.78, 5) is 0. The van der Waals surface area contributed by atoms with E-state index < -0.39 is 0 Å². The van der Waals surface area contributed by atoms with Gasteiger partial charge in [0.1, 0.15) is 0 Å². The van der Waals surface area contributed by atoms with E-state index in [1.807, 2.05) is 0 Å². The van der Waals surface area contributed by atoms with E-state index in [1.165, 1.54) is 12.8 Å². The average Bonchev–Trinajstić information content (AvgIpc) is 1.85. The first-order valence-corrected chi connectivity index (χ1v) is 4.79. The molecule has 0 spiro atoms. The van der Waals surface area contributed by atoms with Crippen molar-refractivity contribution in [3.8, 4) is 0 Å². The minimum atomic E-state index is -0.0289. The molecule has 0 heterocycles. The van der Waals surface area contributed by atoms with Crippen LogP contribution in [0.15, 0.2) is 0 Å². The molecule has 0 aliphatic heterocycles. The monoisotopic (exact) mass is 263 g/mol. The largest absolute Gasteiger partial charge is 0.393 e. The van der Waals surface area contributed by atoms with Gasteiger partial charge in [0.05, 0.1) is 6.10 Å². The maximum atomic E-state index is 9.71. The molecule has 1 rings (SSSR count). The van der Waals surface area contributed by atoms with Gasteiger partial charge in [0.25, 0.3) is 0 Å². The quantitative estimate of drug-likeness (QED) is 0.721. The van der Waals surface area contributed by atoms with Crippen molar-refractivity contribution in [3.63, 3.8) is 0 Å². The van der Waals surface area contributed by atoms with Gasteiger partial charge in [0, 0.05) is 22.4 Å². The smallest absolute Gasteiger partial charge is 0.0573 e. The predicted octanol–water partition coefficient (Wildman–Crippen LogP) is 2.44. The van der Waals surface area contributed by atoms with Crippen molar-refractivity contribution < 1.29 is 27.5 Å². The summed E-state index contributed by atoms with van der Waals surface area (Å²) >= 11 is 0. The molecule has 0 aromatic rings. The van der Waals surface area contributed by atoms with Crippen LogP contribution < -0.4 is 0 Å². The van der Waals surface area contributed by atoms with Crippen molar-refractivity contribution in [3.05, 3.63) is 0 Å². The first-order valence-electron chi connectivity index (χ1n) is 4.79. The fourth-order valence-electron chi connectivity index (χ4n) is 2.15. The van der Waals surface area contributed by atoms with Crippen LogP contribution in [0.5, 0.6) is 0 Å². The van der Waals surface area contributed by atoms with Crippen molar-refractivity contribution >= 4 is 0 Å². The molecule has 0 saturated heterocycles. The van der Waals surface area contributed by atoms with Crippen molar-refractivity contribution in [1.82, 2.24) is 0 Å². The predicted molar refractivity (Wildman–Crippen MR) is 47.3 cm³/mol. The number of hydrogen-bond donors (Lipinski definition) is 1. The SMILES string of the molecule is CC(C)[C@@H]1CC[C@@H](C)C[C@H]1O.[Ag]. The van der Waals surface area contributed by atoms with E-state index in [9.17, 15) is 5.11 Å². The van der Waals surface area contributed by atoms with Crippen molar-refractivity contribution in [2.45, 2.75) is 46.1 Å². The van der Waals surface area contributed by atoms with E-state index in [-0.39, 0.29) is 28.5 Å². The Hall–Kier alpha value is 0.700. The minimum absolute atomic E-state index is 0. The number of aliphatic hydroxyl groups is 1. The first-order chi connectivity index (χ1) is 5.11. The number of hydrogen-bond acceptors (Lipinski definition) is 1. The molecule has 0 unspecified atom stereocenters. The van der Waals surface area contributed by atoms with Gasteiger partial charge in [-0.1, -0.05) is 27.2 Å². The Balaban J connectivity index is 0.00000121. The summed E-state index contributed by atoms with van der Waals surface area (Å²) in [5, 5.41) is 9.71.